The van der Waals surface area contributed by atoms with E-state index in [0.717, 1.165) is 47.5 Å². The molecule has 0 spiro atoms. The number of aryl methyl sites for hydroxylation is 2. The van der Waals surface area contributed by atoms with Crippen LogP contribution in [-0.2, 0) is 11.3 Å². The van der Waals surface area contributed by atoms with Crippen molar-refractivity contribution in [3.8, 4) is 11.3 Å². The first-order valence-electron chi connectivity index (χ1n) is 11.7. The third kappa shape index (κ3) is 4.51. The van der Waals surface area contributed by atoms with Crippen molar-refractivity contribution in [1.82, 2.24) is 19.9 Å². The molecule has 2 aromatic carbocycles. The summed E-state index contributed by atoms with van der Waals surface area (Å²) in [6.45, 7) is 6.06. The van der Waals surface area contributed by atoms with Crippen molar-refractivity contribution in [2.45, 2.75) is 33.2 Å². The van der Waals surface area contributed by atoms with Gasteiger partial charge in [0.1, 0.15) is 11.3 Å². The SMILES string of the molecule is Cc1ccc(-c2cc3c(N4CCCC(C(=O)NCc5ccc(F)cc5)C4)nccn3n2)cc1C. The van der Waals surface area contributed by atoms with Crippen LogP contribution >= 0.6 is 0 Å². The average molecular weight is 458 g/mol. The quantitative estimate of drug-likeness (QED) is 0.473. The lowest BCUT2D eigenvalue weighted by atomic mass is 9.97. The minimum Gasteiger partial charge on any atom is -0.354 e. The second-order valence-corrected chi connectivity index (χ2v) is 9.04. The number of fused-ring (bicyclic) bond motifs is 1. The molecule has 1 amide bonds. The van der Waals surface area contributed by atoms with E-state index >= 15 is 0 Å². The number of aromatic nitrogens is 3. The predicted molar refractivity (Wildman–Crippen MR) is 131 cm³/mol. The number of piperidine rings is 1. The highest BCUT2D eigenvalue weighted by Gasteiger charge is 2.27. The highest BCUT2D eigenvalue weighted by atomic mass is 19.1. The first-order valence-corrected chi connectivity index (χ1v) is 11.7. The molecule has 34 heavy (non-hydrogen) atoms. The Morgan fingerprint density at radius 1 is 1.12 bits per heavy atom. The van der Waals surface area contributed by atoms with E-state index in [1.54, 1.807) is 18.3 Å². The summed E-state index contributed by atoms with van der Waals surface area (Å²) in [6.07, 6.45) is 5.37. The van der Waals surface area contributed by atoms with Crippen molar-refractivity contribution < 1.29 is 9.18 Å². The molecule has 0 aliphatic carbocycles. The van der Waals surface area contributed by atoms with Crippen molar-refractivity contribution >= 4 is 17.2 Å². The van der Waals surface area contributed by atoms with Crippen LogP contribution in [0.2, 0.25) is 0 Å². The zero-order chi connectivity index (χ0) is 23.7. The average Bonchev–Trinajstić information content (AvgIpc) is 3.30. The van der Waals surface area contributed by atoms with E-state index < -0.39 is 0 Å². The topological polar surface area (TPSA) is 62.5 Å². The van der Waals surface area contributed by atoms with Gasteiger partial charge in [0.25, 0.3) is 0 Å². The monoisotopic (exact) mass is 457 g/mol. The maximum atomic E-state index is 13.1. The molecule has 1 unspecified atom stereocenters. The van der Waals surface area contributed by atoms with Crippen LogP contribution in [-0.4, -0.2) is 33.6 Å². The molecule has 3 heterocycles. The second-order valence-electron chi connectivity index (χ2n) is 9.04. The second kappa shape index (κ2) is 9.25. The number of nitrogens with zero attached hydrogens (tertiary/aromatic N) is 4. The van der Waals surface area contributed by atoms with Gasteiger partial charge in [-0.25, -0.2) is 13.9 Å². The van der Waals surface area contributed by atoms with Crippen LogP contribution in [0.5, 0.6) is 0 Å². The molecule has 0 bridgehead atoms. The van der Waals surface area contributed by atoms with Gasteiger partial charge in [-0.15, -0.1) is 0 Å². The molecule has 4 aromatic rings. The van der Waals surface area contributed by atoms with Crippen LogP contribution in [0, 0.1) is 25.6 Å². The Labute approximate surface area is 198 Å². The Morgan fingerprint density at radius 2 is 1.94 bits per heavy atom. The largest absolute Gasteiger partial charge is 0.354 e. The first-order chi connectivity index (χ1) is 16.5. The van der Waals surface area contributed by atoms with Crippen LogP contribution in [0.25, 0.3) is 16.8 Å². The molecule has 6 nitrogen and oxygen atoms in total. The van der Waals surface area contributed by atoms with Gasteiger partial charge in [-0.05, 0) is 67.6 Å². The molecule has 1 fully saturated rings. The Hall–Kier alpha value is -3.74. The minimum absolute atomic E-state index is 0.0188. The lowest BCUT2D eigenvalue weighted by Crippen LogP contribution is -2.43. The van der Waals surface area contributed by atoms with Gasteiger partial charge < -0.3 is 10.2 Å². The van der Waals surface area contributed by atoms with Crippen molar-refractivity contribution in [1.29, 1.82) is 0 Å². The number of halogens is 1. The summed E-state index contributed by atoms with van der Waals surface area (Å²) in [5.74, 6) is 0.463. The number of hydrogen-bond acceptors (Lipinski definition) is 4. The number of nitrogens with one attached hydrogen (secondary N) is 1. The Balaban J connectivity index is 1.33. The van der Waals surface area contributed by atoms with Gasteiger partial charge in [0.05, 0.1) is 11.6 Å². The molecule has 5 rings (SSSR count). The highest BCUT2D eigenvalue weighted by Crippen LogP contribution is 2.29. The molecule has 1 aliphatic heterocycles. The number of rotatable bonds is 5. The van der Waals surface area contributed by atoms with E-state index in [4.69, 9.17) is 5.10 Å². The molecular formula is C27H28FN5O. The molecule has 1 saturated heterocycles. The number of benzene rings is 2. The summed E-state index contributed by atoms with van der Waals surface area (Å²) in [6, 6.07) is 14.7. The van der Waals surface area contributed by atoms with Crippen molar-refractivity contribution in [2.24, 2.45) is 5.92 Å². The Bertz CT molecular complexity index is 1330. The van der Waals surface area contributed by atoms with Crippen LogP contribution in [0.3, 0.4) is 0 Å². The Morgan fingerprint density at radius 3 is 2.74 bits per heavy atom. The van der Waals surface area contributed by atoms with Crippen LogP contribution in [0.1, 0.15) is 29.5 Å². The molecule has 1 aliphatic rings. The fourth-order valence-corrected chi connectivity index (χ4v) is 4.51. The van der Waals surface area contributed by atoms with Gasteiger partial charge in [0.15, 0.2) is 5.82 Å². The maximum Gasteiger partial charge on any atom is 0.225 e. The molecule has 0 radical (unpaired) electrons. The van der Waals surface area contributed by atoms with E-state index in [2.05, 4.69) is 53.3 Å². The summed E-state index contributed by atoms with van der Waals surface area (Å²) in [7, 11) is 0. The van der Waals surface area contributed by atoms with Crippen molar-refractivity contribution in [3.05, 3.63) is 83.4 Å². The summed E-state index contributed by atoms with van der Waals surface area (Å²) >= 11 is 0. The van der Waals surface area contributed by atoms with E-state index in [1.807, 2.05) is 10.7 Å². The molecule has 1 N–H and O–H groups in total. The third-order valence-electron chi connectivity index (χ3n) is 6.64. The number of anilines is 1. The van der Waals surface area contributed by atoms with Crippen LogP contribution in [0.15, 0.2) is 60.9 Å². The van der Waals surface area contributed by atoms with Gasteiger partial charge in [-0.1, -0.05) is 24.3 Å². The van der Waals surface area contributed by atoms with Gasteiger partial charge in [-0.2, -0.15) is 5.10 Å². The predicted octanol–water partition coefficient (Wildman–Crippen LogP) is 4.69. The molecule has 0 saturated carbocycles. The molecule has 2 aromatic heterocycles. The summed E-state index contributed by atoms with van der Waals surface area (Å²) in [5, 5.41) is 7.78. The normalized spacial score (nSPS) is 16.1. The fraction of sp³-hybridized carbons (Fsp3) is 0.296. The van der Waals surface area contributed by atoms with Gasteiger partial charge in [0, 0.05) is 37.6 Å². The first kappa shape index (κ1) is 22.1. The zero-order valence-electron chi connectivity index (χ0n) is 19.5. The van der Waals surface area contributed by atoms with Crippen molar-refractivity contribution in [3.63, 3.8) is 0 Å². The molecule has 7 heteroatoms. The zero-order valence-corrected chi connectivity index (χ0v) is 19.5. The standard InChI is InChI=1S/C27H28FN5O/c1-18-5-8-21(14-19(18)2)24-15-25-26(29-11-13-33(25)31-24)32-12-3-4-22(17-32)27(34)30-16-20-6-9-23(28)10-7-20/h5-11,13-15,22H,3-4,12,16-17H2,1-2H3,(H,30,34). The minimum atomic E-state index is -0.278. The summed E-state index contributed by atoms with van der Waals surface area (Å²) < 4.78 is 15.0. The summed E-state index contributed by atoms with van der Waals surface area (Å²) in [5.41, 5.74) is 6.29. The number of carbonyl (C=O) groups is 1. The lowest BCUT2D eigenvalue weighted by Gasteiger charge is -2.33. The summed E-state index contributed by atoms with van der Waals surface area (Å²) in [4.78, 5) is 19.7. The van der Waals surface area contributed by atoms with E-state index in [0.29, 0.717) is 13.1 Å². The van der Waals surface area contributed by atoms with E-state index in [1.165, 1.54) is 23.3 Å². The maximum absolute atomic E-state index is 13.1. The van der Waals surface area contributed by atoms with Gasteiger partial charge in [-0.3, -0.25) is 4.79 Å². The van der Waals surface area contributed by atoms with Crippen LogP contribution in [0.4, 0.5) is 10.2 Å². The van der Waals surface area contributed by atoms with Crippen LogP contribution < -0.4 is 10.2 Å². The third-order valence-corrected chi connectivity index (χ3v) is 6.64. The smallest absolute Gasteiger partial charge is 0.225 e. The molecule has 1 atom stereocenters. The number of amides is 1. The van der Waals surface area contributed by atoms with Gasteiger partial charge in [0.2, 0.25) is 5.91 Å². The van der Waals surface area contributed by atoms with E-state index in [9.17, 15) is 9.18 Å². The van der Waals surface area contributed by atoms with Crippen molar-refractivity contribution in [2.75, 3.05) is 18.0 Å². The number of hydrogen-bond donors (Lipinski definition) is 1. The van der Waals surface area contributed by atoms with E-state index in [-0.39, 0.29) is 17.6 Å². The Kier molecular flexibility index (Phi) is 6.01. The molecular weight excluding hydrogens is 429 g/mol. The number of carbonyl (C=O) groups excluding carboxylic acids is 1. The molecule has 174 valence electrons. The van der Waals surface area contributed by atoms with Gasteiger partial charge >= 0.3 is 0 Å². The fourth-order valence-electron chi connectivity index (χ4n) is 4.51. The highest BCUT2D eigenvalue weighted by molar-refractivity contribution is 5.81. The lowest BCUT2D eigenvalue weighted by molar-refractivity contribution is -0.125.